The molecule has 0 atom stereocenters. The summed E-state index contributed by atoms with van der Waals surface area (Å²) >= 11 is 0. The highest BCUT2D eigenvalue weighted by Crippen LogP contribution is 2.05. The van der Waals surface area contributed by atoms with Crippen molar-refractivity contribution < 1.29 is 24.1 Å². The molecule has 2 aromatic heterocycles. The molecule has 2 N–H and O–H groups in total. The summed E-state index contributed by atoms with van der Waals surface area (Å²) in [7, 11) is 0. The zero-order valence-corrected chi connectivity index (χ0v) is 8.51. The van der Waals surface area contributed by atoms with E-state index in [9.17, 15) is 9.90 Å². The van der Waals surface area contributed by atoms with Crippen molar-refractivity contribution in [1.29, 1.82) is 0 Å². The molecule has 0 spiro atoms. The molecular formula is C11H11NO4. The second-order valence-electron chi connectivity index (χ2n) is 3.33. The topological polar surface area (TPSA) is 83.0 Å². The lowest BCUT2D eigenvalue weighted by Gasteiger charge is -1.97. The van der Waals surface area contributed by atoms with Gasteiger partial charge in [0.15, 0.2) is 11.5 Å². The Labute approximate surface area is 91.7 Å². The Balaban J connectivity index is 1.83. The third-order valence-electron chi connectivity index (χ3n) is 2.13. The van der Waals surface area contributed by atoms with Crippen molar-refractivity contribution in [1.82, 2.24) is 0 Å². The number of carboxylic acid groups (broad SMARTS) is 1. The van der Waals surface area contributed by atoms with Gasteiger partial charge >= 0.3 is 0 Å². The lowest BCUT2D eigenvalue weighted by atomic mass is 10.4. The molecule has 0 aliphatic rings. The Hall–Kier alpha value is -2.01. The summed E-state index contributed by atoms with van der Waals surface area (Å²) in [5, 5.41) is 12.4. The largest absolute Gasteiger partial charge is 0.542 e. The van der Waals surface area contributed by atoms with E-state index >= 15 is 0 Å². The summed E-state index contributed by atoms with van der Waals surface area (Å²) < 4.78 is 10.2. The molecule has 0 amide bonds. The summed E-state index contributed by atoms with van der Waals surface area (Å²) in [6, 6.07) is 6.73. The predicted molar refractivity (Wildman–Crippen MR) is 51.1 cm³/mol. The highest BCUT2D eigenvalue weighted by molar-refractivity contribution is 5.82. The lowest BCUT2D eigenvalue weighted by molar-refractivity contribution is -0.689. The SMILES string of the molecule is O=C([O-])c1ccc(C[NH2+]Cc2ccco2)o1. The number of rotatable bonds is 5. The Kier molecular flexibility index (Phi) is 3.07. The maximum absolute atomic E-state index is 10.4. The van der Waals surface area contributed by atoms with Gasteiger partial charge in [-0.3, -0.25) is 0 Å². The average Bonchev–Trinajstić information content (AvgIpc) is 2.87. The molecule has 0 saturated heterocycles. The third kappa shape index (κ3) is 2.52. The monoisotopic (exact) mass is 221 g/mol. The fraction of sp³-hybridized carbons (Fsp3) is 0.182. The predicted octanol–water partition coefficient (Wildman–Crippen LogP) is -0.500. The highest BCUT2D eigenvalue weighted by atomic mass is 16.4. The number of aromatic carboxylic acids is 1. The number of carboxylic acids is 1. The van der Waals surface area contributed by atoms with Crippen LogP contribution >= 0.6 is 0 Å². The Morgan fingerprint density at radius 2 is 2.06 bits per heavy atom. The zero-order chi connectivity index (χ0) is 11.4. The van der Waals surface area contributed by atoms with Crippen LogP contribution in [0.3, 0.4) is 0 Å². The van der Waals surface area contributed by atoms with Gasteiger partial charge in [0.25, 0.3) is 0 Å². The first-order chi connectivity index (χ1) is 7.75. The minimum absolute atomic E-state index is 0.138. The summed E-state index contributed by atoms with van der Waals surface area (Å²) in [5.74, 6) is 0.0381. The van der Waals surface area contributed by atoms with Crippen molar-refractivity contribution in [3.05, 3.63) is 47.8 Å². The van der Waals surface area contributed by atoms with Gasteiger partial charge in [0.05, 0.1) is 6.26 Å². The molecule has 0 aliphatic carbocycles. The van der Waals surface area contributed by atoms with Gasteiger partial charge in [-0.05, 0) is 24.3 Å². The number of hydrogen-bond donors (Lipinski definition) is 1. The standard InChI is InChI=1S/C11H11NO4/c13-11(14)10-4-3-9(16-10)7-12-6-8-2-1-5-15-8/h1-5,12H,6-7H2,(H,13,14). The van der Waals surface area contributed by atoms with Crippen LogP contribution in [0.5, 0.6) is 0 Å². The van der Waals surface area contributed by atoms with Gasteiger partial charge in [-0.2, -0.15) is 0 Å². The number of quaternary nitrogens is 1. The highest BCUT2D eigenvalue weighted by Gasteiger charge is 2.05. The summed E-state index contributed by atoms with van der Waals surface area (Å²) in [4.78, 5) is 10.4. The second-order valence-corrected chi connectivity index (χ2v) is 3.33. The van der Waals surface area contributed by atoms with Crippen LogP contribution in [-0.4, -0.2) is 5.97 Å². The number of carbonyl (C=O) groups excluding carboxylic acids is 1. The first kappa shape index (κ1) is 10.5. The molecule has 0 aromatic carbocycles. The molecule has 84 valence electrons. The molecule has 2 rings (SSSR count). The molecule has 2 aromatic rings. The molecule has 0 unspecified atom stereocenters. The van der Waals surface area contributed by atoms with Gasteiger partial charge in [-0.25, -0.2) is 0 Å². The Bertz CT molecular complexity index is 458. The zero-order valence-electron chi connectivity index (χ0n) is 8.51. The first-order valence-electron chi connectivity index (χ1n) is 4.90. The van der Waals surface area contributed by atoms with Crippen molar-refractivity contribution in [3.63, 3.8) is 0 Å². The van der Waals surface area contributed by atoms with E-state index in [4.69, 9.17) is 8.83 Å². The fourth-order valence-electron chi connectivity index (χ4n) is 1.38. The molecule has 16 heavy (non-hydrogen) atoms. The molecule has 0 bridgehead atoms. The van der Waals surface area contributed by atoms with Crippen LogP contribution in [0, 0.1) is 0 Å². The number of carbonyl (C=O) groups is 1. The molecule has 2 heterocycles. The van der Waals surface area contributed by atoms with E-state index in [1.54, 1.807) is 12.3 Å². The van der Waals surface area contributed by atoms with E-state index in [-0.39, 0.29) is 5.76 Å². The van der Waals surface area contributed by atoms with Crippen LogP contribution < -0.4 is 10.4 Å². The third-order valence-corrected chi connectivity index (χ3v) is 2.13. The molecule has 0 aliphatic heterocycles. The first-order valence-corrected chi connectivity index (χ1v) is 4.90. The molecule has 0 saturated carbocycles. The maximum Gasteiger partial charge on any atom is 0.158 e. The summed E-state index contributed by atoms with van der Waals surface area (Å²) in [6.45, 7) is 1.25. The van der Waals surface area contributed by atoms with Crippen LogP contribution in [0.4, 0.5) is 0 Å². The fourth-order valence-corrected chi connectivity index (χ4v) is 1.38. The molecule has 5 heteroatoms. The Morgan fingerprint density at radius 1 is 1.25 bits per heavy atom. The second kappa shape index (κ2) is 4.67. The number of hydrogen-bond acceptors (Lipinski definition) is 4. The minimum Gasteiger partial charge on any atom is -0.542 e. The lowest BCUT2D eigenvalue weighted by Crippen LogP contribution is -2.80. The van der Waals surface area contributed by atoms with Crippen molar-refractivity contribution in [3.8, 4) is 0 Å². The van der Waals surface area contributed by atoms with Gasteiger partial charge in [0, 0.05) is 0 Å². The van der Waals surface area contributed by atoms with Crippen molar-refractivity contribution in [2.75, 3.05) is 0 Å². The maximum atomic E-state index is 10.4. The summed E-state index contributed by atoms with van der Waals surface area (Å²) in [6.07, 6.45) is 1.62. The molecule has 5 nitrogen and oxygen atoms in total. The van der Waals surface area contributed by atoms with Gasteiger partial charge in [-0.15, -0.1) is 0 Å². The smallest absolute Gasteiger partial charge is 0.158 e. The average molecular weight is 221 g/mol. The van der Waals surface area contributed by atoms with Crippen molar-refractivity contribution in [2.45, 2.75) is 13.1 Å². The van der Waals surface area contributed by atoms with Crippen molar-refractivity contribution >= 4 is 5.97 Å². The quantitative estimate of drug-likeness (QED) is 0.737. The van der Waals surface area contributed by atoms with Crippen LogP contribution in [0.1, 0.15) is 22.1 Å². The van der Waals surface area contributed by atoms with Gasteiger partial charge in [-0.1, -0.05) is 0 Å². The minimum atomic E-state index is -1.29. The number of furan rings is 2. The van der Waals surface area contributed by atoms with E-state index in [1.807, 2.05) is 17.4 Å². The van der Waals surface area contributed by atoms with Crippen molar-refractivity contribution in [2.24, 2.45) is 0 Å². The Morgan fingerprint density at radius 3 is 2.69 bits per heavy atom. The van der Waals surface area contributed by atoms with Gasteiger partial charge in [0.2, 0.25) is 0 Å². The summed E-state index contributed by atoms with van der Waals surface area (Å²) in [5.41, 5.74) is 0. The van der Waals surface area contributed by atoms with E-state index in [0.29, 0.717) is 18.8 Å². The van der Waals surface area contributed by atoms with E-state index in [1.165, 1.54) is 6.07 Å². The van der Waals surface area contributed by atoms with Crippen LogP contribution in [0.15, 0.2) is 39.4 Å². The van der Waals surface area contributed by atoms with E-state index in [2.05, 4.69) is 0 Å². The molecular weight excluding hydrogens is 210 g/mol. The van der Waals surface area contributed by atoms with E-state index in [0.717, 1.165) is 5.76 Å². The normalized spacial score (nSPS) is 10.5. The molecule has 0 radical (unpaired) electrons. The van der Waals surface area contributed by atoms with Gasteiger partial charge < -0.3 is 24.1 Å². The van der Waals surface area contributed by atoms with Crippen LogP contribution in [0.2, 0.25) is 0 Å². The van der Waals surface area contributed by atoms with Crippen LogP contribution in [-0.2, 0) is 13.1 Å². The number of nitrogens with two attached hydrogens (primary N) is 1. The van der Waals surface area contributed by atoms with Gasteiger partial charge in [0.1, 0.15) is 24.8 Å². The van der Waals surface area contributed by atoms with E-state index < -0.39 is 5.97 Å². The molecule has 0 fully saturated rings. The van der Waals surface area contributed by atoms with Crippen LogP contribution in [0.25, 0.3) is 0 Å².